The van der Waals surface area contributed by atoms with Gasteiger partial charge in [0.2, 0.25) is 0 Å². The first-order valence-corrected chi connectivity index (χ1v) is 20.3. The van der Waals surface area contributed by atoms with Crippen molar-refractivity contribution in [3.63, 3.8) is 0 Å². The summed E-state index contributed by atoms with van der Waals surface area (Å²) in [7, 11) is 0. The van der Waals surface area contributed by atoms with E-state index < -0.39 is 0 Å². The molecule has 3 heterocycles. The molecule has 60 heavy (non-hydrogen) atoms. The second-order valence-corrected chi connectivity index (χ2v) is 15.3. The lowest BCUT2D eigenvalue weighted by molar-refractivity contribution is 1.07. The Hall–Kier alpha value is -8.15. The van der Waals surface area contributed by atoms with Crippen LogP contribution in [0.25, 0.3) is 111 Å². The highest BCUT2D eigenvalue weighted by molar-refractivity contribution is 6.12. The minimum Gasteiger partial charge on any atom is -0.309 e. The van der Waals surface area contributed by atoms with E-state index in [1.165, 1.54) is 38.0 Å². The maximum atomic E-state index is 5.21. The maximum absolute atomic E-state index is 5.21. The molecule has 12 aromatic rings. The van der Waals surface area contributed by atoms with Gasteiger partial charge in [-0.25, -0.2) is 15.0 Å². The summed E-state index contributed by atoms with van der Waals surface area (Å²) in [4.78, 5) is 15.4. The van der Waals surface area contributed by atoms with Gasteiger partial charge in [-0.2, -0.15) is 0 Å². The van der Waals surface area contributed by atoms with E-state index >= 15 is 0 Å². The first-order chi connectivity index (χ1) is 29.7. The number of nitrogens with zero attached hydrogens (tertiary/aromatic N) is 5. The largest absolute Gasteiger partial charge is 0.309 e. The molecule has 0 N–H and O–H groups in total. The average Bonchev–Trinajstić information content (AvgIpc) is 3.84. The topological polar surface area (TPSA) is 48.5 Å². The summed E-state index contributed by atoms with van der Waals surface area (Å²) < 4.78 is 4.81. The Balaban J connectivity index is 1.10. The van der Waals surface area contributed by atoms with Crippen LogP contribution >= 0.6 is 0 Å². The van der Waals surface area contributed by atoms with Crippen LogP contribution in [0.4, 0.5) is 0 Å². The van der Waals surface area contributed by atoms with E-state index in [1.54, 1.807) is 0 Å². The monoisotopic (exact) mass is 765 g/mol. The van der Waals surface area contributed by atoms with Crippen LogP contribution in [0.1, 0.15) is 0 Å². The Morgan fingerprint density at radius 1 is 0.283 bits per heavy atom. The Kier molecular flexibility index (Phi) is 7.78. The highest BCUT2D eigenvalue weighted by atomic mass is 15.0. The quantitative estimate of drug-likeness (QED) is 0.169. The van der Waals surface area contributed by atoms with Gasteiger partial charge in [0.15, 0.2) is 17.5 Å². The zero-order valence-corrected chi connectivity index (χ0v) is 32.4. The Morgan fingerprint density at radius 3 is 1.43 bits per heavy atom. The third-order valence-corrected chi connectivity index (χ3v) is 11.8. The predicted octanol–water partition coefficient (Wildman–Crippen LogP) is 13.9. The molecule has 5 heteroatoms. The summed E-state index contributed by atoms with van der Waals surface area (Å²) in [6.45, 7) is 0. The van der Waals surface area contributed by atoms with Gasteiger partial charge >= 0.3 is 0 Å². The van der Waals surface area contributed by atoms with E-state index in [1.807, 2.05) is 18.2 Å². The van der Waals surface area contributed by atoms with Gasteiger partial charge in [-0.3, -0.25) is 0 Å². The van der Waals surface area contributed by atoms with Crippen LogP contribution in [0.3, 0.4) is 0 Å². The van der Waals surface area contributed by atoms with Crippen LogP contribution in [-0.4, -0.2) is 24.1 Å². The number of fused-ring (bicyclic) bond motifs is 7. The van der Waals surface area contributed by atoms with Gasteiger partial charge in [-0.15, -0.1) is 0 Å². The molecular formula is C55H35N5. The summed E-state index contributed by atoms with van der Waals surface area (Å²) in [5, 5.41) is 7.17. The van der Waals surface area contributed by atoms with Crippen LogP contribution in [0.5, 0.6) is 0 Å². The Bertz CT molecular complexity index is 3550. The zero-order chi connectivity index (χ0) is 39.6. The van der Waals surface area contributed by atoms with Crippen molar-refractivity contribution in [3.05, 3.63) is 212 Å². The van der Waals surface area contributed by atoms with Gasteiger partial charge in [0.25, 0.3) is 0 Å². The number of benzene rings is 9. The lowest BCUT2D eigenvalue weighted by atomic mass is 10.0. The second-order valence-electron chi connectivity index (χ2n) is 15.3. The van der Waals surface area contributed by atoms with Crippen molar-refractivity contribution in [3.8, 4) is 56.7 Å². The van der Waals surface area contributed by atoms with E-state index in [0.717, 1.165) is 55.6 Å². The number of hydrogen-bond donors (Lipinski definition) is 0. The number of hydrogen-bond acceptors (Lipinski definition) is 3. The lowest BCUT2D eigenvalue weighted by Gasteiger charge is -2.16. The molecule has 0 bridgehead atoms. The molecule has 5 nitrogen and oxygen atoms in total. The van der Waals surface area contributed by atoms with E-state index in [-0.39, 0.29) is 0 Å². The molecule has 3 aromatic heterocycles. The lowest BCUT2D eigenvalue weighted by Crippen LogP contribution is -2.02. The SMILES string of the molecule is c1ccc(-c2nc(-c3ccc(-c4ccccc4)c(-n4c5ccccc5c5cc(-n6c7ccccc7c7ccccc76)ccc54)c3)nc(-c3ccc4ccccc4c3)n2)cc1. The first-order valence-electron chi connectivity index (χ1n) is 20.3. The zero-order valence-electron chi connectivity index (χ0n) is 32.4. The third-order valence-electron chi connectivity index (χ3n) is 11.8. The summed E-state index contributed by atoms with van der Waals surface area (Å²) in [5.41, 5.74) is 11.8. The van der Waals surface area contributed by atoms with Crippen LogP contribution < -0.4 is 0 Å². The predicted molar refractivity (Wildman–Crippen MR) is 248 cm³/mol. The molecule has 0 aliphatic heterocycles. The minimum atomic E-state index is 0.613. The van der Waals surface area contributed by atoms with Crippen LogP contribution in [-0.2, 0) is 0 Å². The molecule has 12 rings (SSSR count). The van der Waals surface area contributed by atoms with Crippen molar-refractivity contribution in [1.82, 2.24) is 24.1 Å². The highest BCUT2D eigenvalue weighted by Gasteiger charge is 2.20. The number of rotatable bonds is 6. The van der Waals surface area contributed by atoms with Gasteiger partial charge in [-0.1, -0.05) is 164 Å². The molecular weight excluding hydrogens is 731 g/mol. The molecule has 9 aromatic carbocycles. The van der Waals surface area contributed by atoms with Crippen molar-refractivity contribution >= 4 is 54.4 Å². The van der Waals surface area contributed by atoms with Crippen LogP contribution in [0.2, 0.25) is 0 Å². The molecule has 0 radical (unpaired) electrons. The highest BCUT2D eigenvalue weighted by Crippen LogP contribution is 2.40. The van der Waals surface area contributed by atoms with E-state index in [4.69, 9.17) is 15.0 Å². The summed E-state index contributed by atoms with van der Waals surface area (Å²) in [5.74, 6) is 1.88. The molecule has 280 valence electrons. The molecule has 0 aliphatic carbocycles. The van der Waals surface area contributed by atoms with Gasteiger partial charge in [0.05, 0.1) is 27.8 Å². The summed E-state index contributed by atoms with van der Waals surface area (Å²) in [6.07, 6.45) is 0. The Morgan fingerprint density at radius 2 is 0.767 bits per heavy atom. The molecule has 0 spiro atoms. The van der Waals surface area contributed by atoms with Crippen molar-refractivity contribution in [2.24, 2.45) is 0 Å². The molecule has 0 atom stereocenters. The van der Waals surface area contributed by atoms with Gasteiger partial charge in [-0.05, 0) is 64.9 Å². The first kappa shape index (κ1) is 33.9. The summed E-state index contributed by atoms with van der Waals surface area (Å²) >= 11 is 0. The molecule has 0 fully saturated rings. The fraction of sp³-hybridized carbons (Fsp3) is 0. The fourth-order valence-corrected chi connectivity index (χ4v) is 8.96. The molecule has 0 aliphatic rings. The van der Waals surface area contributed by atoms with E-state index in [9.17, 15) is 0 Å². The minimum absolute atomic E-state index is 0.613. The van der Waals surface area contributed by atoms with E-state index in [2.05, 4.69) is 203 Å². The van der Waals surface area contributed by atoms with Crippen molar-refractivity contribution in [2.45, 2.75) is 0 Å². The smallest absolute Gasteiger partial charge is 0.164 e. The molecule has 0 amide bonds. The fourth-order valence-electron chi connectivity index (χ4n) is 8.96. The average molecular weight is 766 g/mol. The van der Waals surface area contributed by atoms with Gasteiger partial charge in [0, 0.05) is 49.5 Å². The van der Waals surface area contributed by atoms with Crippen molar-refractivity contribution in [1.29, 1.82) is 0 Å². The molecule has 0 saturated carbocycles. The maximum Gasteiger partial charge on any atom is 0.164 e. The van der Waals surface area contributed by atoms with Gasteiger partial charge < -0.3 is 9.13 Å². The summed E-state index contributed by atoms with van der Waals surface area (Å²) in [6, 6.07) is 75.2. The number of para-hydroxylation sites is 3. The van der Waals surface area contributed by atoms with Crippen molar-refractivity contribution < 1.29 is 0 Å². The Labute approximate surface area is 346 Å². The standard InChI is InChI=1S/C55H35N5/c1-3-16-37(17-4-1)43-31-29-41(55-57-53(38-18-5-2-6-19-38)56-54(58-55)40-28-27-36-15-7-8-20-39(36)33-40)34-52(43)60-50-26-14-11-23-46(50)47-35-42(30-32-51(47)60)59-48-24-12-9-21-44(48)45-22-10-13-25-49(45)59/h1-35H. The normalized spacial score (nSPS) is 11.7. The second kappa shape index (κ2) is 13.8. The van der Waals surface area contributed by atoms with Crippen molar-refractivity contribution in [2.75, 3.05) is 0 Å². The molecule has 0 saturated heterocycles. The third kappa shape index (κ3) is 5.52. The van der Waals surface area contributed by atoms with Crippen LogP contribution in [0.15, 0.2) is 212 Å². The van der Waals surface area contributed by atoms with Crippen LogP contribution in [0, 0.1) is 0 Å². The number of aromatic nitrogens is 5. The van der Waals surface area contributed by atoms with E-state index in [0.29, 0.717) is 17.5 Å². The van der Waals surface area contributed by atoms with Gasteiger partial charge in [0.1, 0.15) is 0 Å². The molecule has 0 unspecified atom stereocenters.